The number of benzene rings is 1. The van der Waals surface area contributed by atoms with E-state index in [1.165, 1.54) is 18.4 Å². The quantitative estimate of drug-likeness (QED) is 0.834. The van der Waals surface area contributed by atoms with Gasteiger partial charge in [0.2, 0.25) is 0 Å². The van der Waals surface area contributed by atoms with Crippen molar-refractivity contribution in [1.82, 2.24) is 15.1 Å². The van der Waals surface area contributed by atoms with Crippen LogP contribution < -0.4 is 9.64 Å². The molecule has 1 saturated carbocycles. The average molecular weight is 364 g/mol. The van der Waals surface area contributed by atoms with Crippen molar-refractivity contribution in [2.24, 2.45) is 0 Å². The lowest BCUT2D eigenvalue weighted by Crippen LogP contribution is -2.62. The van der Waals surface area contributed by atoms with Crippen molar-refractivity contribution in [3.8, 4) is 5.75 Å². The van der Waals surface area contributed by atoms with Crippen LogP contribution in [0.4, 0.5) is 5.82 Å². The molecule has 1 aromatic carbocycles. The van der Waals surface area contributed by atoms with Crippen molar-refractivity contribution in [2.75, 3.05) is 25.0 Å². The van der Waals surface area contributed by atoms with Gasteiger partial charge < -0.3 is 14.5 Å². The molecule has 1 aliphatic carbocycles. The minimum Gasteiger partial charge on any atom is -0.480 e. The first-order valence-corrected chi connectivity index (χ1v) is 9.79. The Morgan fingerprint density at radius 3 is 2.67 bits per heavy atom. The maximum atomic E-state index is 12.9. The van der Waals surface area contributed by atoms with E-state index in [1.54, 1.807) is 0 Å². The van der Waals surface area contributed by atoms with Gasteiger partial charge in [0.25, 0.3) is 5.91 Å². The molecule has 0 spiro atoms. The number of amides is 1. The maximum Gasteiger partial charge on any atom is 0.263 e. The zero-order valence-electron chi connectivity index (χ0n) is 15.5. The van der Waals surface area contributed by atoms with E-state index in [-0.39, 0.29) is 18.1 Å². The summed E-state index contributed by atoms with van der Waals surface area (Å²) in [6.45, 7) is 1.59. The largest absolute Gasteiger partial charge is 0.480 e. The van der Waals surface area contributed by atoms with E-state index in [0.717, 1.165) is 43.2 Å². The summed E-state index contributed by atoms with van der Waals surface area (Å²) >= 11 is 0. The Balaban J connectivity index is 1.17. The van der Waals surface area contributed by atoms with Gasteiger partial charge in [0.1, 0.15) is 5.75 Å². The normalized spacial score (nSPS) is 21.8. The fourth-order valence-electron chi connectivity index (χ4n) is 3.89. The first-order valence-electron chi connectivity index (χ1n) is 9.79. The first-order chi connectivity index (χ1) is 13.2. The molecule has 1 amide bonds. The number of likely N-dealkylation sites (N-methyl/N-ethyl adjacent to an activating group) is 1. The minimum absolute atomic E-state index is 0.0734. The van der Waals surface area contributed by atoms with Gasteiger partial charge in [0.15, 0.2) is 11.9 Å². The molecule has 27 heavy (non-hydrogen) atoms. The molecule has 3 heterocycles. The highest BCUT2D eigenvalue weighted by molar-refractivity contribution is 5.82. The zero-order chi connectivity index (χ0) is 18.4. The SMILES string of the molecule is CN(C(=O)C1CCc2ccccc2O1)C1CN(c2ccc(C3CC3)nn2)C1. The molecular weight excluding hydrogens is 340 g/mol. The minimum atomic E-state index is -0.378. The van der Waals surface area contributed by atoms with Crippen molar-refractivity contribution < 1.29 is 9.53 Å². The molecule has 6 heteroatoms. The predicted molar refractivity (Wildman–Crippen MR) is 102 cm³/mol. The van der Waals surface area contributed by atoms with E-state index in [2.05, 4.69) is 33.3 Å². The molecule has 0 N–H and O–H groups in total. The number of aromatic nitrogens is 2. The average Bonchev–Trinajstić information content (AvgIpc) is 3.51. The van der Waals surface area contributed by atoms with Crippen LogP contribution in [-0.2, 0) is 11.2 Å². The Morgan fingerprint density at radius 1 is 1.11 bits per heavy atom. The molecule has 2 aliphatic heterocycles. The molecule has 5 rings (SSSR count). The third-order valence-electron chi connectivity index (χ3n) is 5.94. The third-order valence-corrected chi connectivity index (χ3v) is 5.94. The fourth-order valence-corrected chi connectivity index (χ4v) is 3.89. The van der Waals surface area contributed by atoms with Gasteiger partial charge in [-0.15, -0.1) is 5.10 Å². The molecule has 3 aliphatic rings. The molecule has 140 valence electrons. The van der Waals surface area contributed by atoms with Gasteiger partial charge in [-0.2, -0.15) is 5.10 Å². The summed E-state index contributed by atoms with van der Waals surface area (Å²) in [6, 6.07) is 12.3. The number of nitrogens with zero attached hydrogens (tertiary/aromatic N) is 4. The van der Waals surface area contributed by atoms with Crippen molar-refractivity contribution in [2.45, 2.75) is 43.7 Å². The number of hydrogen-bond donors (Lipinski definition) is 0. The van der Waals surface area contributed by atoms with Crippen LogP contribution in [0.3, 0.4) is 0 Å². The maximum absolute atomic E-state index is 12.9. The van der Waals surface area contributed by atoms with Gasteiger partial charge in [-0.25, -0.2) is 0 Å². The Hall–Kier alpha value is -2.63. The van der Waals surface area contributed by atoms with E-state index in [1.807, 2.05) is 30.1 Å². The Kier molecular flexibility index (Phi) is 3.99. The third kappa shape index (κ3) is 3.13. The van der Waals surface area contributed by atoms with Gasteiger partial charge in [0, 0.05) is 26.1 Å². The summed E-state index contributed by atoms with van der Waals surface area (Å²) in [5, 5.41) is 8.71. The van der Waals surface area contributed by atoms with Crippen LogP contribution >= 0.6 is 0 Å². The Morgan fingerprint density at radius 2 is 1.93 bits per heavy atom. The first kappa shape index (κ1) is 16.5. The molecule has 6 nitrogen and oxygen atoms in total. The molecule has 1 atom stereocenters. The summed E-state index contributed by atoms with van der Waals surface area (Å²) in [4.78, 5) is 16.9. The highest BCUT2D eigenvalue weighted by Crippen LogP contribution is 2.39. The lowest BCUT2D eigenvalue weighted by molar-refractivity contribution is -0.140. The lowest BCUT2D eigenvalue weighted by Gasteiger charge is -2.45. The second kappa shape index (κ2) is 6.51. The van der Waals surface area contributed by atoms with E-state index in [9.17, 15) is 4.79 Å². The van der Waals surface area contributed by atoms with E-state index < -0.39 is 0 Å². The number of carbonyl (C=O) groups is 1. The molecule has 2 aromatic rings. The Bertz CT molecular complexity index is 844. The number of para-hydroxylation sites is 1. The smallest absolute Gasteiger partial charge is 0.263 e. The number of aryl methyl sites for hydroxylation is 1. The topological polar surface area (TPSA) is 58.6 Å². The number of hydrogen-bond acceptors (Lipinski definition) is 5. The molecule has 1 unspecified atom stereocenters. The van der Waals surface area contributed by atoms with Crippen LogP contribution in [0.2, 0.25) is 0 Å². The van der Waals surface area contributed by atoms with Crippen LogP contribution in [0.15, 0.2) is 36.4 Å². The van der Waals surface area contributed by atoms with Gasteiger partial charge in [-0.05, 0) is 49.4 Å². The number of fused-ring (bicyclic) bond motifs is 1. The summed E-state index contributed by atoms with van der Waals surface area (Å²) in [6.07, 6.45) is 3.72. The standard InChI is InChI=1S/C21H24N4O2/c1-24(21(26)19-10-8-15-4-2-3-5-18(15)27-19)16-12-25(13-16)20-11-9-17(22-23-20)14-6-7-14/h2-5,9,11,14,16,19H,6-8,10,12-13H2,1H3. The fraction of sp³-hybridized carbons (Fsp3) is 0.476. The summed E-state index contributed by atoms with van der Waals surface area (Å²) < 4.78 is 5.96. The molecule has 1 saturated heterocycles. The monoisotopic (exact) mass is 364 g/mol. The van der Waals surface area contributed by atoms with Crippen LogP contribution in [-0.4, -0.2) is 53.3 Å². The van der Waals surface area contributed by atoms with Gasteiger partial charge in [0.05, 0.1) is 11.7 Å². The molecule has 0 bridgehead atoms. The van der Waals surface area contributed by atoms with Crippen LogP contribution in [0.25, 0.3) is 0 Å². The highest BCUT2D eigenvalue weighted by atomic mass is 16.5. The van der Waals surface area contributed by atoms with E-state index in [0.29, 0.717) is 5.92 Å². The van der Waals surface area contributed by atoms with Gasteiger partial charge >= 0.3 is 0 Å². The highest BCUT2D eigenvalue weighted by Gasteiger charge is 2.37. The second-order valence-electron chi connectivity index (χ2n) is 7.85. The number of anilines is 1. The van der Waals surface area contributed by atoms with E-state index >= 15 is 0 Å². The molecule has 2 fully saturated rings. The van der Waals surface area contributed by atoms with Crippen molar-refractivity contribution in [1.29, 1.82) is 0 Å². The number of carbonyl (C=O) groups excluding carboxylic acids is 1. The number of ether oxygens (including phenoxy) is 1. The van der Waals surface area contributed by atoms with Crippen molar-refractivity contribution >= 4 is 11.7 Å². The summed E-state index contributed by atoms with van der Waals surface area (Å²) in [7, 11) is 1.89. The van der Waals surface area contributed by atoms with Crippen molar-refractivity contribution in [3.63, 3.8) is 0 Å². The number of rotatable bonds is 4. The zero-order valence-corrected chi connectivity index (χ0v) is 15.5. The predicted octanol–water partition coefficient (Wildman–Crippen LogP) is 2.39. The van der Waals surface area contributed by atoms with Crippen LogP contribution in [0.1, 0.15) is 36.4 Å². The Labute approximate surface area is 159 Å². The molecular formula is C21H24N4O2. The summed E-state index contributed by atoms with van der Waals surface area (Å²) in [5.74, 6) is 2.44. The second-order valence-corrected chi connectivity index (χ2v) is 7.85. The van der Waals surface area contributed by atoms with Crippen LogP contribution in [0, 0.1) is 0 Å². The van der Waals surface area contributed by atoms with E-state index in [4.69, 9.17) is 4.74 Å². The van der Waals surface area contributed by atoms with Gasteiger partial charge in [-0.1, -0.05) is 18.2 Å². The van der Waals surface area contributed by atoms with Gasteiger partial charge in [-0.3, -0.25) is 4.79 Å². The molecule has 1 aromatic heterocycles. The summed E-state index contributed by atoms with van der Waals surface area (Å²) in [5.41, 5.74) is 2.30. The van der Waals surface area contributed by atoms with Crippen LogP contribution in [0.5, 0.6) is 5.75 Å². The van der Waals surface area contributed by atoms with Crippen molar-refractivity contribution in [3.05, 3.63) is 47.7 Å². The lowest BCUT2D eigenvalue weighted by atomic mass is 10.0. The molecule has 0 radical (unpaired) electrons.